The van der Waals surface area contributed by atoms with E-state index < -0.39 is 0 Å². The molecule has 0 aliphatic rings. The summed E-state index contributed by atoms with van der Waals surface area (Å²) in [5.74, 6) is 1.78. The maximum absolute atomic E-state index is 11.9. The summed E-state index contributed by atoms with van der Waals surface area (Å²) in [7, 11) is 0. The molecule has 0 bridgehead atoms. The van der Waals surface area contributed by atoms with E-state index >= 15 is 0 Å². The lowest BCUT2D eigenvalue weighted by atomic mass is 10.1. The second kappa shape index (κ2) is 11.1. The normalized spacial score (nSPS) is 10.5. The smallest absolute Gasteiger partial charge is 0.220 e. The molecule has 2 aromatic carbocycles. The molecule has 0 saturated heterocycles. The van der Waals surface area contributed by atoms with Crippen molar-refractivity contribution < 1.29 is 9.53 Å². The van der Waals surface area contributed by atoms with E-state index in [-0.39, 0.29) is 5.91 Å². The Hall–Kier alpha value is -1.65. The molecular formula is C20H24ClNO2S. The number of carbonyl (C=O) groups excluding carboxylic acids is 1. The van der Waals surface area contributed by atoms with Gasteiger partial charge in [-0.25, -0.2) is 0 Å². The van der Waals surface area contributed by atoms with Crippen LogP contribution in [0.25, 0.3) is 0 Å². The van der Waals surface area contributed by atoms with E-state index in [0.717, 1.165) is 34.3 Å². The Labute approximate surface area is 159 Å². The highest BCUT2D eigenvalue weighted by Gasteiger charge is 2.02. The molecule has 2 aromatic rings. The number of amides is 1. The maximum Gasteiger partial charge on any atom is 0.220 e. The van der Waals surface area contributed by atoms with Gasteiger partial charge in [0.1, 0.15) is 5.75 Å². The molecular weight excluding hydrogens is 354 g/mol. The summed E-state index contributed by atoms with van der Waals surface area (Å²) in [6, 6.07) is 15.8. The van der Waals surface area contributed by atoms with Gasteiger partial charge in [0.05, 0.1) is 6.61 Å². The van der Waals surface area contributed by atoms with Crippen LogP contribution in [0.5, 0.6) is 5.75 Å². The van der Waals surface area contributed by atoms with Gasteiger partial charge in [0.25, 0.3) is 0 Å². The van der Waals surface area contributed by atoms with Crippen LogP contribution in [0.2, 0.25) is 5.02 Å². The van der Waals surface area contributed by atoms with E-state index in [2.05, 4.69) is 17.4 Å². The van der Waals surface area contributed by atoms with Crippen LogP contribution in [0.1, 0.15) is 25.3 Å². The molecule has 1 N–H and O–H groups in total. The first-order valence-corrected chi connectivity index (χ1v) is 9.90. The summed E-state index contributed by atoms with van der Waals surface area (Å²) in [4.78, 5) is 13.0. The van der Waals surface area contributed by atoms with Crippen LogP contribution in [-0.2, 0) is 11.2 Å². The summed E-state index contributed by atoms with van der Waals surface area (Å²) in [5, 5.41) is 3.71. The molecule has 0 heterocycles. The molecule has 25 heavy (non-hydrogen) atoms. The highest BCUT2D eigenvalue weighted by atomic mass is 35.5. The molecule has 0 atom stereocenters. The molecule has 3 nitrogen and oxygen atoms in total. The molecule has 0 unspecified atom stereocenters. The number of nitrogens with one attached hydrogen (secondary N) is 1. The lowest BCUT2D eigenvalue weighted by Crippen LogP contribution is -2.24. The van der Waals surface area contributed by atoms with Gasteiger partial charge in [-0.05, 0) is 61.7 Å². The summed E-state index contributed by atoms with van der Waals surface area (Å²) in [6.45, 7) is 3.36. The minimum absolute atomic E-state index is 0.105. The molecule has 0 aliphatic heterocycles. The minimum Gasteiger partial charge on any atom is -0.494 e. The van der Waals surface area contributed by atoms with Crippen LogP contribution in [0.4, 0.5) is 0 Å². The second-order valence-electron chi connectivity index (χ2n) is 5.58. The standard InChI is InChI=1S/C20H24ClNO2S/c1-2-24-18-9-5-16(6-10-18)4-3-14-22-20(23)13-15-25-19-11-7-17(21)8-12-19/h5-12H,2-4,13-15H2,1H3,(H,22,23). The predicted molar refractivity (Wildman–Crippen MR) is 106 cm³/mol. The lowest BCUT2D eigenvalue weighted by molar-refractivity contribution is -0.120. The van der Waals surface area contributed by atoms with Crippen molar-refractivity contribution in [2.75, 3.05) is 18.9 Å². The first-order valence-electron chi connectivity index (χ1n) is 8.54. The average molecular weight is 378 g/mol. The van der Waals surface area contributed by atoms with Crippen molar-refractivity contribution in [3.05, 3.63) is 59.1 Å². The molecule has 0 saturated carbocycles. The Morgan fingerprint density at radius 2 is 1.84 bits per heavy atom. The number of hydrogen-bond donors (Lipinski definition) is 1. The van der Waals surface area contributed by atoms with E-state index in [9.17, 15) is 4.79 Å². The van der Waals surface area contributed by atoms with Crippen LogP contribution in [0, 0.1) is 0 Å². The van der Waals surface area contributed by atoms with Gasteiger partial charge in [-0.15, -0.1) is 11.8 Å². The van der Waals surface area contributed by atoms with Crippen molar-refractivity contribution >= 4 is 29.3 Å². The largest absolute Gasteiger partial charge is 0.494 e. The Balaban J connectivity index is 1.56. The number of carbonyl (C=O) groups is 1. The zero-order chi connectivity index (χ0) is 17.9. The summed E-state index contributed by atoms with van der Waals surface area (Å²) < 4.78 is 5.43. The van der Waals surface area contributed by atoms with E-state index in [1.54, 1.807) is 11.8 Å². The third-order valence-corrected chi connectivity index (χ3v) is 4.88. The minimum atomic E-state index is 0.105. The number of ether oxygens (including phenoxy) is 1. The summed E-state index contributed by atoms with van der Waals surface area (Å²) in [5.41, 5.74) is 1.26. The van der Waals surface area contributed by atoms with Crippen molar-refractivity contribution in [3.63, 3.8) is 0 Å². The molecule has 0 spiro atoms. The Morgan fingerprint density at radius 1 is 1.12 bits per heavy atom. The topological polar surface area (TPSA) is 38.3 Å². The third-order valence-electron chi connectivity index (χ3n) is 3.61. The Morgan fingerprint density at radius 3 is 2.52 bits per heavy atom. The molecule has 1 amide bonds. The molecule has 0 aromatic heterocycles. The van der Waals surface area contributed by atoms with E-state index in [1.165, 1.54) is 5.56 Å². The van der Waals surface area contributed by atoms with Crippen LogP contribution in [0.3, 0.4) is 0 Å². The van der Waals surface area contributed by atoms with Crippen LogP contribution >= 0.6 is 23.4 Å². The van der Waals surface area contributed by atoms with Gasteiger partial charge in [0.15, 0.2) is 0 Å². The number of benzene rings is 2. The van der Waals surface area contributed by atoms with Crippen LogP contribution in [0.15, 0.2) is 53.4 Å². The van der Waals surface area contributed by atoms with Gasteiger partial charge < -0.3 is 10.1 Å². The zero-order valence-electron chi connectivity index (χ0n) is 14.5. The molecule has 134 valence electrons. The first-order chi connectivity index (χ1) is 12.2. The molecule has 5 heteroatoms. The van der Waals surface area contributed by atoms with Gasteiger partial charge in [-0.2, -0.15) is 0 Å². The van der Waals surface area contributed by atoms with E-state index in [0.29, 0.717) is 19.6 Å². The SMILES string of the molecule is CCOc1ccc(CCCNC(=O)CCSc2ccc(Cl)cc2)cc1. The Bertz CT molecular complexity index is 644. The van der Waals surface area contributed by atoms with Crippen LogP contribution < -0.4 is 10.1 Å². The number of aryl methyl sites for hydroxylation is 1. The fourth-order valence-corrected chi connectivity index (χ4v) is 3.30. The van der Waals surface area contributed by atoms with Gasteiger partial charge in [-0.1, -0.05) is 23.7 Å². The highest BCUT2D eigenvalue weighted by Crippen LogP contribution is 2.20. The van der Waals surface area contributed by atoms with E-state index in [4.69, 9.17) is 16.3 Å². The van der Waals surface area contributed by atoms with Crippen molar-refractivity contribution in [2.24, 2.45) is 0 Å². The molecule has 2 rings (SSSR count). The summed E-state index contributed by atoms with van der Waals surface area (Å²) in [6.07, 6.45) is 2.41. The molecule has 0 aliphatic carbocycles. The van der Waals surface area contributed by atoms with Gasteiger partial charge in [-0.3, -0.25) is 4.79 Å². The maximum atomic E-state index is 11.9. The quantitative estimate of drug-likeness (QED) is 0.469. The van der Waals surface area contributed by atoms with Crippen molar-refractivity contribution in [1.29, 1.82) is 0 Å². The predicted octanol–water partition coefficient (Wildman–Crippen LogP) is 4.97. The fourth-order valence-electron chi connectivity index (χ4n) is 2.32. The number of thioether (sulfide) groups is 1. The van der Waals surface area contributed by atoms with Crippen LogP contribution in [-0.4, -0.2) is 24.8 Å². The molecule has 0 fully saturated rings. The monoisotopic (exact) mass is 377 g/mol. The first kappa shape index (κ1) is 19.7. The van der Waals surface area contributed by atoms with Gasteiger partial charge >= 0.3 is 0 Å². The second-order valence-corrected chi connectivity index (χ2v) is 7.19. The number of rotatable bonds is 10. The van der Waals surface area contributed by atoms with Gasteiger partial charge in [0.2, 0.25) is 5.91 Å². The molecule has 0 radical (unpaired) electrons. The van der Waals surface area contributed by atoms with Crippen molar-refractivity contribution in [2.45, 2.75) is 31.1 Å². The van der Waals surface area contributed by atoms with Gasteiger partial charge in [0, 0.05) is 28.6 Å². The Kier molecular flexibility index (Phi) is 8.70. The lowest BCUT2D eigenvalue weighted by Gasteiger charge is -2.07. The van der Waals surface area contributed by atoms with E-state index in [1.807, 2.05) is 43.3 Å². The van der Waals surface area contributed by atoms with Crippen molar-refractivity contribution in [3.8, 4) is 5.75 Å². The fraction of sp³-hybridized carbons (Fsp3) is 0.350. The number of halogens is 1. The highest BCUT2D eigenvalue weighted by molar-refractivity contribution is 7.99. The third kappa shape index (κ3) is 7.84. The zero-order valence-corrected chi connectivity index (χ0v) is 16.0. The average Bonchev–Trinajstić information content (AvgIpc) is 2.62. The number of hydrogen-bond acceptors (Lipinski definition) is 3. The summed E-state index contributed by atoms with van der Waals surface area (Å²) >= 11 is 7.52. The van der Waals surface area contributed by atoms with Crippen molar-refractivity contribution in [1.82, 2.24) is 5.32 Å².